The first-order chi connectivity index (χ1) is 17.5. The average molecular weight is 487 g/mol. The van der Waals surface area contributed by atoms with Crippen LogP contribution in [0.1, 0.15) is 54.4 Å². The second-order valence-electron chi connectivity index (χ2n) is 10.7. The van der Waals surface area contributed by atoms with Crippen LogP contribution in [0.25, 0.3) is 22.2 Å². The standard InChI is InChI=1S/C30H38N4O2/c1-33-18-20-34(36,21-19-33)22-26-28(30(35)31-17-16-23-10-4-2-5-11-23)25-14-8-9-15-27(25)32-29(26)24-12-6-3-7-13-24/h3,6-9,12-15,23H,2,4-5,10-11,16-22H2,1H3,(H,31,35). The molecule has 1 aromatic heterocycles. The Hall–Kier alpha value is -2.80. The second kappa shape index (κ2) is 11.1. The van der Waals surface area contributed by atoms with Crippen molar-refractivity contribution in [1.29, 1.82) is 0 Å². The van der Waals surface area contributed by atoms with Gasteiger partial charge in [0.1, 0.15) is 6.54 Å². The maximum atomic E-state index is 13.9. The summed E-state index contributed by atoms with van der Waals surface area (Å²) in [6.07, 6.45) is 7.49. The maximum absolute atomic E-state index is 13.9. The van der Waals surface area contributed by atoms with Crippen LogP contribution in [0, 0.1) is 11.1 Å². The highest BCUT2D eigenvalue weighted by Gasteiger charge is 2.30. The molecular formula is C30H38N4O2. The number of hydroxylamine groups is 3. The molecule has 1 aliphatic carbocycles. The number of piperazine rings is 1. The van der Waals surface area contributed by atoms with Crippen LogP contribution < -0.4 is 5.32 Å². The van der Waals surface area contributed by atoms with Gasteiger partial charge in [-0.05, 0) is 25.5 Å². The quantitative estimate of drug-likeness (QED) is 0.360. The Morgan fingerprint density at radius 3 is 2.47 bits per heavy atom. The Bertz CT molecular complexity index is 1180. The van der Waals surface area contributed by atoms with Gasteiger partial charge in [0, 0.05) is 36.1 Å². The Labute approximate surface area is 214 Å². The molecule has 0 atom stereocenters. The lowest BCUT2D eigenvalue weighted by atomic mass is 9.87. The van der Waals surface area contributed by atoms with Crippen molar-refractivity contribution in [1.82, 2.24) is 15.2 Å². The summed E-state index contributed by atoms with van der Waals surface area (Å²) >= 11 is 0. The fourth-order valence-corrected chi connectivity index (χ4v) is 5.83. The molecule has 0 unspecified atom stereocenters. The number of carbonyl (C=O) groups excluding carboxylic acids is 1. The van der Waals surface area contributed by atoms with Gasteiger partial charge in [-0.3, -0.25) is 9.69 Å². The van der Waals surface area contributed by atoms with Gasteiger partial charge in [-0.1, -0.05) is 80.6 Å². The van der Waals surface area contributed by atoms with Crippen molar-refractivity contribution in [2.45, 2.75) is 45.1 Å². The number of amides is 1. The normalized spacial score (nSPS) is 18.8. The SMILES string of the molecule is CN1CC[N+]([O-])(Cc2c(-c3ccccc3)nc3ccccc3c2C(=O)NCCC2CCCCC2)CC1. The lowest BCUT2D eigenvalue weighted by Gasteiger charge is -2.48. The molecule has 0 bridgehead atoms. The number of quaternary nitrogens is 1. The third kappa shape index (κ3) is 5.61. The van der Waals surface area contributed by atoms with Gasteiger partial charge < -0.3 is 15.2 Å². The summed E-state index contributed by atoms with van der Waals surface area (Å²) in [5.41, 5.74) is 3.87. The number of fused-ring (bicyclic) bond motifs is 1. The molecule has 0 spiro atoms. The zero-order valence-corrected chi connectivity index (χ0v) is 21.4. The molecule has 2 fully saturated rings. The van der Waals surface area contributed by atoms with Crippen molar-refractivity contribution >= 4 is 16.8 Å². The van der Waals surface area contributed by atoms with Gasteiger partial charge in [0.05, 0.1) is 29.9 Å². The number of aromatic nitrogens is 1. The zero-order valence-electron chi connectivity index (χ0n) is 21.4. The van der Waals surface area contributed by atoms with Gasteiger partial charge in [0.2, 0.25) is 0 Å². The first-order valence-electron chi connectivity index (χ1n) is 13.5. The van der Waals surface area contributed by atoms with E-state index in [-0.39, 0.29) is 17.1 Å². The van der Waals surface area contributed by atoms with Crippen molar-refractivity contribution in [3.63, 3.8) is 0 Å². The third-order valence-electron chi connectivity index (χ3n) is 8.06. The molecular weight excluding hydrogens is 448 g/mol. The molecule has 190 valence electrons. The van der Waals surface area contributed by atoms with Crippen LogP contribution in [0.4, 0.5) is 0 Å². The number of carbonyl (C=O) groups is 1. The monoisotopic (exact) mass is 486 g/mol. The van der Waals surface area contributed by atoms with Gasteiger partial charge in [-0.25, -0.2) is 4.98 Å². The number of para-hydroxylation sites is 1. The molecule has 1 saturated carbocycles. The van der Waals surface area contributed by atoms with E-state index in [1.165, 1.54) is 32.1 Å². The Morgan fingerprint density at radius 2 is 1.72 bits per heavy atom. The van der Waals surface area contributed by atoms with Gasteiger partial charge in [0.25, 0.3) is 5.91 Å². The lowest BCUT2D eigenvalue weighted by Crippen LogP contribution is -2.54. The Kier molecular flexibility index (Phi) is 7.65. The van der Waals surface area contributed by atoms with Crippen molar-refractivity contribution in [2.75, 3.05) is 39.8 Å². The smallest absolute Gasteiger partial charge is 0.252 e. The number of hydrogen-bond donors (Lipinski definition) is 1. The minimum Gasteiger partial charge on any atom is -0.632 e. The first kappa shape index (κ1) is 24.9. The van der Waals surface area contributed by atoms with Crippen molar-refractivity contribution in [3.05, 3.63) is 70.9 Å². The highest BCUT2D eigenvalue weighted by molar-refractivity contribution is 6.09. The van der Waals surface area contributed by atoms with E-state index in [4.69, 9.17) is 4.98 Å². The number of likely N-dealkylation sites (N-methyl/N-ethyl adjacent to an activating group) is 1. The molecule has 1 saturated heterocycles. The number of nitrogens with zero attached hydrogens (tertiary/aromatic N) is 3. The molecule has 3 aromatic rings. The summed E-state index contributed by atoms with van der Waals surface area (Å²) in [6.45, 7) is 3.46. The van der Waals surface area contributed by atoms with E-state index >= 15 is 0 Å². The second-order valence-corrected chi connectivity index (χ2v) is 10.7. The minimum atomic E-state index is -0.327. The molecule has 2 aliphatic rings. The largest absolute Gasteiger partial charge is 0.632 e. The molecule has 0 radical (unpaired) electrons. The summed E-state index contributed by atoms with van der Waals surface area (Å²) in [5.74, 6) is 0.616. The minimum absolute atomic E-state index is 0.0858. The zero-order chi connectivity index (χ0) is 25.0. The average Bonchev–Trinajstić information content (AvgIpc) is 2.91. The predicted molar refractivity (Wildman–Crippen MR) is 145 cm³/mol. The van der Waals surface area contributed by atoms with Crippen LogP contribution in [-0.2, 0) is 6.54 Å². The van der Waals surface area contributed by atoms with Crippen LogP contribution in [0.2, 0.25) is 0 Å². The van der Waals surface area contributed by atoms with Gasteiger partial charge in [-0.2, -0.15) is 0 Å². The van der Waals surface area contributed by atoms with Gasteiger partial charge >= 0.3 is 0 Å². The van der Waals surface area contributed by atoms with E-state index in [2.05, 4.69) is 17.3 Å². The van der Waals surface area contributed by atoms with Crippen LogP contribution >= 0.6 is 0 Å². The van der Waals surface area contributed by atoms with Crippen LogP contribution in [0.5, 0.6) is 0 Å². The summed E-state index contributed by atoms with van der Waals surface area (Å²) < 4.78 is -0.327. The Balaban J connectivity index is 1.54. The van der Waals surface area contributed by atoms with E-state index in [1.54, 1.807) is 0 Å². The molecule has 2 heterocycles. The molecule has 6 heteroatoms. The van der Waals surface area contributed by atoms with E-state index < -0.39 is 0 Å². The van der Waals surface area contributed by atoms with E-state index in [0.29, 0.717) is 31.1 Å². The summed E-state index contributed by atoms with van der Waals surface area (Å²) in [7, 11) is 2.06. The molecule has 1 aliphatic heterocycles. The maximum Gasteiger partial charge on any atom is 0.252 e. The molecule has 36 heavy (non-hydrogen) atoms. The highest BCUT2D eigenvalue weighted by atomic mass is 16.5. The summed E-state index contributed by atoms with van der Waals surface area (Å²) in [6, 6.07) is 17.8. The third-order valence-corrected chi connectivity index (χ3v) is 8.06. The number of hydrogen-bond acceptors (Lipinski definition) is 4. The van der Waals surface area contributed by atoms with Crippen LogP contribution in [0.15, 0.2) is 54.6 Å². The molecule has 6 nitrogen and oxygen atoms in total. The molecule has 1 amide bonds. The molecule has 5 rings (SSSR count). The van der Waals surface area contributed by atoms with E-state index in [0.717, 1.165) is 47.2 Å². The first-order valence-corrected chi connectivity index (χ1v) is 13.5. The topological polar surface area (TPSA) is 68.3 Å². The Morgan fingerprint density at radius 1 is 1.03 bits per heavy atom. The van der Waals surface area contributed by atoms with Crippen molar-refractivity contribution < 1.29 is 9.44 Å². The van der Waals surface area contributed by atoms with Gasteiger partial charge in [0.15, 0.2) is 0 Å². The summed E-state index contributed by atoms with van der Waals surface area (Å²) in [4.78, 5) is 21.1. The fraction of sp³-hybridized carbons (Fsp3) is 0.467. The summed E-state index contributed by atoms with van der Waals surface area (Å²) in [5, 5.41) is 18.0. The van der Waals surface area contributed by atoms with E-state index in [1.807, 2.05) is 54.6 Å². The van der Waals surface area contributed by atoms with Crippen LogP contribution in [-0.4, -0.2) is 60.2 Å². The van der Waals surface area contributed by atoms with Crippen molar-refractivity contribution in [2.24, 2.45) is 5.92 Å². The number of pyridine rings is 1. The number of rotatable bonds is 7. The van der Waals surface area contributed by atoms with Gasteiger partial charge in [-0.15, -0.1) is 0 Å². The van der Waals surface area contributed by atoms with Crippen molar-refractivity contribution in [3.8, 4) is 11.3 Å². The number of benzene rings is 2. The highest BCUT2D eigenvalue weighted by Crippen LogP contribution is 2.33. The number of nitrogens with one attached hydrogen (secondary N) is 1. The predicted octanol–water partition coefficient (Wildman–Crippen LogP) is 5.36. The van der Waals surface area contributed by atoms with Crippen LogP contribution in [0.3, 0.4) is 0 Å². The lowest BCUT2D eigenvalue weighted by molar-refractivity contribution is -0.898. The fourth-order valence-electron chi connectivity index (χ4n) is 5.83. The van der Waals surface area contributed by atoms with E-state index in [9.17, 15) is 10.0 Å². The molecule has 1 N–H and O–H groups in total. The molecule has 2 aromatic carbocycles.